The highest BCUT2D eigenvalue weighted by Crippen LogP contribution is 2.29. The molecule has 0 N–H and O–H groups in total. The molecule has 1 aliphatic rings. The molecule has 0 fully saturated rings. The standard InChI is InChI=1S/C14H15NS/c1-10-6-7-13(15-8-10)12-9-16-14-5-3-2-4-11(12)14/h2-5,9-10H,6-8H2,1H3. The maximum atomic E-state index is 4.73. The predicted octanol–water partition coefficient (Wildman–Crippen LogP) is 4.12. The molecule has 0 amide bonds. The molecule has 82 valence electrons. The lowest BCUT2D eigenvalue weighted by atomic mass is 9.96. The molecule has 0 radical (unpaired) electrons. The molecule has 1 aromatic heterocycles. The van der Waals surface area contributed by atoms with E-state index in [0.717, 1.165) is 18.9 Å². The molecule has 1 unspecified atom stereocenters. The van der Waals surface area contributed by atoms with Crippen molar-refractivity contribution in [1.29, 1.82) is 0 Å². The van der Waals surface area contributed by atoms with Gasteiger partial charge < -0.3 is 0 Å². The van der Waals surface area contributed by atoms with Crippen LogP contribution in [-0.2, 0) is 0 Å². The van der Waals surface area contributed by atoms with Crippen molar-refractivity contribution in [3.8, 4) is 0 Å². The van der Waals surface area contributed by atoms with E-state index in [1.807, 2.05) is 11.3 Å². The summed E-state index contributed by atoms with van der Waals surface area (Å²) in [4.78, 5) is 4.73. The predicted molar refractivity (Wildman–Crippen MR) is 71.6 cm³/mol. The highest BCUT2D eigenvalue weighted by molar-refractivity contribution is 7.17. The molecule has 2 aromatic rings. The molecule has 16 heavy (non-hydrogen) atoms. The molecule has 1 aliphatic heterocycles. The third-order valence-electron chi connectivity index (χ3n) is 3.26. The van der Waals surface area contributed by atoms with Gasteiger partial charge in [-0.3, -0.25) is 4.99 Å². The van der Waals surface area contributed by atoms with Gasteiger partial charge in [-0.05, 0) is 24.8 Å². The summed E-state index contributed by atoms with van der Waals surface area (Å²) in [5.41, 5.74) is 2.68. The van der Waals surface area contributed by atoms with Gasteiger partial charge in [0.2, 0.25) is 0 Å². The van der Waals surface area contributed by atoms with Crippen molar-refractivity contribution in [3.05, 3.63) is 35.2 Å². The van der Waals surface area contributed by atoms with Crippen LogP contribution in [0.1, 0.15) is 25.3 Å². The zero-order valence-electron chi connectivity index (χ0n) is 9.44. The van der Waals surface area contributed by atoms with E-state index in [9.17, 15) is 0 Å². The fraction of sp³-hybridized carbons (Fsp3) is 0.357. The van der Waals surface area contributed by atoms with Crippen molar-refractivity contribution < 1.29 is 0 Å². The maximum Gasteiger partial charge on any atom is 0.0435 e. The molecule has 0 saturated carbocycles. The van der Waals surface area contributed by atoms with Gasteiger partial charge in [-0.15, -0.1) is 11.3 Å². The molecule has 1 nitrogen and oxygen atoms in total. The first-order valence-corrected chi connectivity index (χ1v) is 6.72. The molecule has 0 spiro atoms. The molecule has 0 saturated heterocycles. The second-order valence-corrected chi connectivity index (χ2v) is 5.49. The van der Waals surface area contributed by atoms with Crippen molar-refractivity contribution in [2.45, 2.75) is 19.8 Å². The summed E-state index contributed by atoms with van der Waals surface area (Å²) in [5.74, 6) is 0.758. The summed E-state index contributed by atoms with van der Waals surface area (Å²) < 4.78 is 1.37. The third kappa shape index (κ3) is 1.67. The first kappa shape index (κ1) is 10.0. The van der Waals surface area contributed by atoms with E-state index in [2.05, 4.69) is 36.6 Å². The van der Waals surface area contributed by atoms with Crippen LogP contribution in [0.4, 0.5) is 0 Å². The van der Waals surface area contributed by atoms with Gasteiger partial charge in [0.1, 0.15) is 0 Å². The molecule has 3 rings (SSSR count). The first-order chi connectivity index (χ1) is 7.84. The number of benzene rings is 1. The molecule has 2 heterocycles. The average molecular weight is 229 g/mol. The first-order valence-electron chi connectivity index (χ1n) is 5.84. The number of hydrogen-bond acceptors (Lipinski definition) is 2. The number of thiophene rings is 1. The van der Waals surface area contributed by atoms with E-state index >= 15 is 0 Å². The number of fused-ring (bicyclic) bond motifs is 1. The fourth-order valence-electron chi connectivity index (χ4n) is 2.24. The molecule has 1 atom stereocenters. The highest BCUT2D eigenvalue weighted by Gasteiger charge is 2.15. The molecule has 1 aromatic carbocycles. The highest BCUT2D eigenvalue weighted by atomic mass is 32.1. The van der Waals surface area contributed by atoms with Gasteiger partial charge >= 0.3 is 0 Å². The Morgan fingerprint density at radius 1 is 1.31 bits per heavy atom. The molecule has 0 aliphatic carbocycles. The van der Waals surface area contributed by atoms with Crippen molar-refractivity contribution in [3.63, 3.8) is 0 Å². The van der Waals surface area contributed by atoms with Crippen LogP contribution in [-0.4, -0.2) is 12.3 Å². The Balaban J connectivity index is 2.06. The number of hydrogen-bond donors (Lipinski definition) is 0. The lowest BCUT2D eigenvalue weighted by molar-refractivity contribution is 0.539. The number of aliphatic imine (C=N–C) groups is 1. The largest absolute Gasteiger partial charge is 0.289 e. The molecule has 0 bridgehead atoms. The zero-order chi connectivity index (χ0) is 11.0. The Morgan fingerprint density at radius 3 is 3.00 bits per heavy atom. The van der Waals surface area contributed by atoms with E-state index < -0.39 is 0 Å². The summed E-state index contributed by atoms with van der Waals surface area (Å²) in [7, 11) is 0. The van der Waals surface area contributed by atoms with Crippen molar-refractivity contribution in [2.75, 3.05) is 6.54 Å². The lowest BCUT2D eigenvalue weighted by Gasteiger charge is -2.16. The summed E-state index contributed by atoms with van der Waals surface area (Å²) in [5, 5.41) is 3.64. The van der Waals surface area contributed by atoms with Crippen LogP contribution >= 0.6 is 11.3 Å². The van der Waals surface area contributed by atoms with E-state index in [-0.39, 0.29) is 0 Å². The Morgan fingerprint density at radius 2 is 2.19 bits per heavy atom. The van der Waals surface area contributed by atoms with Gasteiger partial charge in [0.05, 0.1) is 0 Å². The van der Waals surface area contributed by atoms with Gasteiger partial charge in [0.15, 0.2) is 0 Å². The fourth-order valence-corrected chi connectivity index (χ4v) is 3.21. The van der Waals surface area contributed by atoms with Crippen molar-refractivity contribution in [1.82, 2.24) is 0 Å². The summed E-state index contributed by atoms with van der Waals surface area (Å²) in [6, 6.07) is 8.62. The van der Waals surface area contributed by atoms with Crippen LogP contribution in [0.5, 0.6) is 0 Å². The normalized spacial score (nSPS) is 21.1. The lowest BCUT2D eigenvalue weighted by Crippen LogP contribution is -2.13. The monoisotopic (exact) mass is 229 g/mol. The quantitative estimate of drug-likeness (QED) is 0.697. The van der Waals surface area contributed by atoms with Gasteiger partial charge in [0.25, 0.3) is 0 Å². The van der Waals surface area contributed by atoms with Crippen LogP contribution in [0.25, 0.3) is 10.1 Å². The maximum absolute atomic E-state index is 4.73. The minimum atomic E-state index is 0.758. The SMILES string of the molecule is CC1CCC(c2csc3ccccc23)=NC1. The van der Waals surface area contributed by atoms with E-state index in [4.69, 9.17) is 4.99 Å². The van der Waals surface area contributed by atoms with Crippen molar-refractivity contribution >= 4 is 27.1 Å². The van der Waals surface area contributed by atoms with E-state index in [1.165, 1.54) is 27.8 Å². The van der Waals surface area contributed by atoms with E-state index in [0.29, 0.717) is 0 Å². The summed E-state index contributed by atoms with van der Waals surface area (Å²) >= 11 is 1.83. The van der Waals surface area contributed by atoms with E-state index in [1.54, 1.807) is 0 Å². The third-order valence-corrected chi connectivity index (χ3v) is 4.22. The smallest absolute Gasteiger partial charge is 0.0435 e. The Bertz CT molecular complexity index is 538. The second kappa shape index (κ2) is 4.02. The number of nitrogens with zero attached hydrogens (tertiary/aromatic N) is 1. The Hall–Kier alpha value is -1.15. The van der Waals surface area contributed by atoms with Gasteiger partial charge in [-0.2, -0.15) is 0 Å². The Labute approximate surface area is 99.8 Å². The topological polar surface area (TPSA) is 12.4 Å². The van der Waals surface area contributed by atoms with Gasteiger partial charge in [0, 0.05) is 33.3 Å². The molecular weight excluding hydrogens is 214 g/mol. The van der Waals surface area contributed by atoms with Crippen LogP contribution in [0, 0.1) is 5.92 Å². The van der Waals surface area contributed by atoms with Gasteiger partial charge in [-0.25, -0.2) is 0 Å². The summed E-state index contributed by atoms with van der Waals surface area (Å²) in [6.45, 7) is 3.28. The van der Waals surface area contributed by atoms with Crippen LogP contribution in [0.15, 0.2) is 34.6 Å². The molecular formula is C14H15NS. The minimum Gasteiger partial charge on any atom is -0.289 e. The van der Waals surface area contributed by atoms with Crippen molar-refractivity contribution in [2.24, 2.45) is 10.9 Å². The molecule has 2 heteroatoms. The second-order valence-electron chi connectivity index (χ2n) is 4.58. The van der Waals surface area contributed by atoms with Crippen LogP contribution in [0.3, 0.4) is 0 Å². The zero-order valence-corrected chi connectivity index (χ0v) is 10.3. The number of rotatable bonds is 1. The van der Waals surface area contributed by atoms with Crippen LogP contribution in [0.2, 0.25) is 0 Å². The van der Waals surface area contributed by atoms with Crippen LogP contribution < -0.4 is 0 Å². The summed E-state index contributed by atoms with van der Waals surface area (Å²) in [6.07, 6.45) is 2.42. The van der Waals surface area contributed by atoms with Gasteiger partial charge in [-0.1, -0.05) is 25.1 Å². The average Bonchev–Trinajstić information content (AvgIpc) is 2.74. The minimum absolute atomic E-state index is 0.758. The Kier molecular flexibility index (Phi) is 2.52.